The molecule has 0 unspecified atom stereocenters. The fourth-order valence-electron chi connectivity index (χ4n) is 4.26. The molecule has 0 spiro atoms. The van der Waals surface area contributed by atoms with Crippen LogP contribution in [0, 0.1) is 5.92 Å². The van der Waals surface area contributed by atoms with Gasteiger partial charge < -0.3 is 14.4 Å². The van der Waals surface area contributed by atoms with Gasteiger partial charge in [-0.1, -0.05) is 18.2 Å². The third kappa shape index (κ3) is 3.65. The molecule has 0 saturated carbocycles. The number of piperidine rings is 1. The highest BCUT2D eigenvalue weighted by Crippen LogP contribution is 2.34. The molecule has 160 valence electrons. The Kier molecular flexibility index (Phi) is 5.71. The zero-order valence-electron chi connectivity index (χ0n) is 17.2. The molecule has 1 saturated heterocycles. The number of fused-ring (bicyclic) bond motifs is 1. The highest BCUT2D eigenvalue weighted by Gasteiger charge is 2.36. The van der Waals surface area contributed by atoms with Gasteiger partial charge in [0.05, 0.1) is 19.1 Å². The van der Waals surface area contributed by atoms with E-state index in [0.717, 1.165) is 12.1 Å². The summed E-state index contributed by atoms with van der Waals surface area (Å²) in [5.74, 6) is 0.791. The number of benzene rings is 2. The van der Waals surface area contributed by atoms with Gasteiger partial charge in [0.15, 0.2) is 11.5 Å². The molecule has 2 aliphatic heterocycles. The van der Waals surface area contributed by atoms with Crippen LogP contribution in [0.1, 0.15) is 18.4 Å². The van der Waals surface area contributed by atoms with Crippen LogP contribution < -0.4 is 14.4 Å². The lowest BCUT2D eigenvalue weighted by Crippen LogP contribution is -2.44. The summed E-state index contributed by atoms with van der Waals surface area (Å²) in [6.07, 6.45) is 1.91. The number of ether oxygens (including phenoxy) is 2. The molecule has 0 radical (unpaired) electrons. The van der Waals surface area contributed by atoms with Crippen molar-refractivity contribution in [2.75, 3.05) is 38.8 Å². The topological polar surface area (TPSA) is 76.2 Å². The van der Waals surface area contributed by atoms with Crippen LogP contribution in [0.3, 0.4) is 0 Å². The van der Waals surface area contributed by atoms with E-state index in [-0.39, 0.29) is 16.7 Å². The standard InChI is InChI=1S/C22H26N2O5S/c1-28-20-8-7-18(15-21(20)29-2)30(26,27)23-12-9-17(10-13-23)22(25)24-14-11-16-5-3-4-6-19(16)24/h3-8,15,17H,9-14H2,1-2H3. The second-order valence-electron chi connectivity index (χ2n) is 7.56. The van der Waals surface area contributed by atoms with Crippen LogP contribution in [0.2, 0.25) is 0 Å². The smallest absolute Gasteiger partial charge is 0.243 e. The van der Waals surface area contributed by atoms with E-state index in [1.165, 1.54) is 36.2 Å². The zero-order valence-corrected chi connectivity index (χ0v) is 18.0. The largest absolute Gasteiger partial charge is 0.493 e. The number of hydrogen-bond donors (Lipinski definition) is 0. The van der Waals surface area contributed by atoms with Gasteiger partial charge in [-0.15, -0.1) is 0 Å². The second-order valence-corrected chi connectivity index (χ2v) is 9.50. The summed E-state index contributed by atoms with van der Waals surface area (Å²) in [6, 6.07) is 12.6. The average molecular weight is 431 g/mol. The van der Waals surface area contributed by atoms with Gasteiger partial charge >= 0.3 is 0 Å². The molecule has 4 rings (SSSR count). The van der Waals surface area contributed by atoms with Gasteiger partial charge in [-0.2, -0.15) is 4.31 Å². The van der Waals surface area contributed by atoms with Gasteiger partial charge in [-0.25, -0.2) is 8.42 Å². The molecular formula is C22H26N2O5S. The first-order valence-electron chi connectivity index (χ1n) is 10.1. The quantitative estimate of drug-likeness (QED) is 0.729. The molecule has 0 aromatic heterocycles. The summed E-state index contributed by atoms with van der Waals surface area (Å²) in [7, 11) is -0.683. The minimum Gasteiger partial charge on any atom is -0.493 e. The van der Waals surface area contributed by atoms with Gasteiger partial charge in [0.1, 0.15) is 0 Å². The summed E-state index contributed by atoms with van der Waals surface area (Å²) in [4.78, 5) is 15.1. The predicted octanol–water partition coefficient (Wildman–Crippen LogP) is 2.69. The first kappa shape index (κ1) is 20.7. The Morgan fingerprint density at radius 3 is 2.37 bits per heavy atom. The monoisotopic (exact) mass is 430 g/mol. The Morgan fingerprint density at radius 1 is 0.967 bits per heavy atom. The number of carbonyl (C=O) groups excluding carboxylic acids is 1. The lowest BCUT2D eigenvalue weighted by molar-refractivity contribution is -0.123. The minimum absolute atomic E-state index is 0.100. The molecule has 1 amide bonds. The molecule has 2 aliphatic rings. The van der Waals surface area contributed by atoms with Crippen molar-refractivity contribution < 1.29 is 22.7 Å². The molecule has 0 aliphatic carbocycles. The fourth-order valence-corrected chi connectivity index (χ4v) is 5.74. The summed E-state index contributed by atoms with van der Waals surface area (Å²) in [5, 5.41) is 0. The van der Waals surface area contributed by atoms with Crippen LogP contribution in [0.15, 0.2) is 47.4 Å². The van der Waals surface area contributed by atoms with Crippen molar-refractivity contribution in [3.63, 3.8) is 0 Å². The molecular weight excluding hydrogens is 404 g/mol. The number of nitrogens with zero attached hydrogens (tertiary/aromatic N) is 2. The van der Waals surface area contributed by atoms with Gasteiger partial charge in [-0.3, -0.25) is 4.79 Å². The summed E-state index contributed by atoms with van der Waals surface area (Å²) < 4.78 is 38.0. The molecule has 30 heavy (non-hydrogen) atoms. The zero-order chi connectivity index (χ0) is 21.3. The van der Waals surface area contributed by atoms with E-state index in [1.54, 1.807) is 6.07 Å². The Labute approximate surface area is 177 Å². The van der Waals surface area contributed by atoms with Crippen molar-refractivity contribution in [1.29, 1.82) is 0 Å². The number of para-hydroxylation sites is 1. The maximum Gasteiger partial charge on any atom is 0.243 e. The average Bonchev–Trinajstić information content (AvgIpc) is 3.22. The van der Waals surface area contributed by atoms with Gasteiger partial charge in [0.2, 0.25) is 15.9 Å². The molecule has 0 N–H and O–H groups in total. The van der Waals surface area contributed by atoms with E-state index in [1.807, 2.05) is 23.1 Å². The van der Waals surface area contributed by atoms with Crippen LogP contribution in [0.25, 0.3) is 0 Å². The first-order chi connectivity index (χ1) is 14.5. The van der Waals surface area contributed by atoms with E-state index >= 15 is 0 Å². The Bertz CT molecular complexity index is 1050. The van der Waals surface area contributed by atoms with Gasteiger partial charge in [0, 0.05) is 37.3 Å². The Morgan fingerprint density at radius 2 is 1.67 bits per heavy atom. The van der Waals surface area contributed by atoms with Gasteiger partial charge in [0.25, 0.3) is 0 Å². The fraction of sp³-hybridized carbons (Fsp3) is 0.409. The predicted molar refractivity (Wildman–Crippen MR) is 114 cm³/mol. The normalized spacial score (nSPS) is 17.6. The molecule has 2 heterocycles. The van der Waals surface area contributed by atoms with E-state index in [2.05, 4.69) is 6.07 Å². The van der Waals surface area contributed by atoms with Crippen LogP contribution in [-0.2, 0) is 21.2 Å². The number of methoxy groups -OCH3 is 2. The number of sulfonamides is 1. The van der Waals surface area contributed by atoms with Crippen molar-refractivity contribution in [1.82, 2.24) is 4.31 Å². The number of anilines is 1. The Balaban J connectivity index is 1.45. The summed E-state index contributed by atoms with van der Waals surface area (Å²) in [5.41, 5.74) is 2.18. The Hall–Kier alpha value is -2.58. The highest BCUT2D eigenvalue weighted by molar-refractivity contribution is 7.89. The lowest BCUT2D eigenvalue weighted by atomic mass is 9.96. The van der Waals surface area contributed by atoms with E-state index < -0.39 is 10.0 Å². The van der Waals surface area contributed by atoms with Crippen molar-refractivity contribution in [3.05, 3.63) is 48.0 Å². The third-order valence-corrected chi connectivity index (χ3v) is 7.84. The maximum atomic E-state index is 13.1. The number of hydrogen-bond acceptors (Lipinski definition) is 5. The molecule has 0 bridgehead atoms. The van der Waals surface area contributed by atoms with Crippen molar-refractivity contribution in [2.45, 2.75) is 24.2 Å². The number of amides is 1. The molecule has 0 atom stereocenters. The summed E-state index contributed by atoms with van der Waals surface area (Å²) in [6.45, 7) is 1.34. The van der Waals surface area contributed by atoms with Crippen molar-refractivity contribution >= 4 is 21.6 Å². The van der Waals surface area contributed by atoms with E-state index in [0.29, 0.717) is 44.0 Å². The van der Waals surface area contributed by atoms with E-state index in [4.69, 9.17) is 9.47 Å². The molecule has 7 nitrogen and oxygen atoms in total. The SMILES string of the molecule is COc1ccc(S(=O)(=O)N2CCC(C(=O)N3CCc4ccccc43)CC2)cc1OC. The van der Waals surface area contributed by atoms with Crippen LogP contribution in [-0.4, -0.2) is 52.5 Å². The van der Waals surface area contributed by atoms with Crippen LogP contribution >= 0.6 is 0 Å². The van der Waals surface area contributed by atoms with Crippen molar-refractivity contribution in [3.8, 4) is 11.5 Å². The second kappa shape index (κ2) is 8.28. The number of rotatable bonds is 5. The van der Waals surface area contributed by atoms with Crippen LogP contribution in [0.4, 0.5) is 5.69 Å². The lowest BCUT2D eigenvalue weighted by Gasteiger charge is -2.32. The minimum atomic E-state index is -3.66. The molecule has 1 fully saturated rings. The third-order valence-electron chi connectivity index (χ3n) is 5.95. The highest BCUT2D eigenvalue weighted by atomic mass is 32.2. The maximum absolute atomic E-state index is 13.1. The summed E-state index contributed by atoms with van der Waals surface area (Å²) >= 11 is 0. The molecule has 8 heteroatoms. The number of carbonyl (C=O) groups is 1. The van der Waals surface area contributed by atoms with Crippen molar-refractivity contribution in [2.24, 2.45) is 5.92 Å². The molecule has 2 aromatic rings. The van der Waals surface area contributed by atoms with Crippen LogP contribution in [0.5, 0.6) is 11.5 Å². The first-order valence-corrected chi connectivity index (χ1v) is 11.5. The van der Waals surface area contributed by atoms with Gasteiger partial charge in [-0.05, 0) is 43.0 Å². The molecule has 2 aromatic carbocycles. The van der Waals surface area contributed by atoms with E-state index in [9.17, 15) is 13.2 Å².